The molecular weight excluding hydrogens is 338 g/mol. The third-order valence-electron chi connectivity index (χ3n) is 3.73. The largest absolute Gasteiger partial charge is 0.478 e. The van der Waals surface area contributed by atoms with Gasteiger partial charge in [-0.2, -0.15) is 0 Å². The zero-order valence-corrected chi connectivity index (χ0v) is 15.2. The van der Waals surface area contributed by atoms with E-state index in [0.29, 0.717) is 22.7 Å². The van der Waals surface area contributed by atoms with Crippen LogP contribution in [0.2, 0.25) is 0 Å². The van der Waals surface area contributed by atoms with Gasteiger partial charge in [0.25, 0.3) is 0 Å². The van der Waals surface area contributed by atoms with Crippen LogP contribution in [0, 0.1) is 12.8 Å². The summed E-state index contributed by atoms with van der Waals surface area (Å²) in [6.07, 6.45) is 0. The molecule has 2 aromatic carbocycles. The van der Waals surface area contributed by atoms with Crippen LogP contribution in [0.3, 0.4) is 0 Å². The van der Waals surface area contributed by atoms with Crippen molar-refractivity contribution in [3.8, 4) is 11.1 Å². The lowest BCUT2D eigenvalue weighted by Gasteiger charge is -2.15. The Morgan fingerprint density at radius 2 is 1.80 bits per heavy atom. The molecule has 0 bridgehead atoms. The molecule has 0 aliphatic rings. The fourth-order valence-corrected chi connectivity index (χ4v) is 3.46. The zero-order chi connectivity index (χ0) is 18.7. The van der Waals surface area contributed by atoms with Crippen molar-refractivity contribution in [1.29, 1.82) is 0 Å². The zero-order valence-electron chi connectivity index (χ0n) is 14.4. The minimum atomic E-state index is -1.17. The van der Waals surface area contributed by atoms with Crippen LogP contribution in [0.4, 0.5) is 5.69 Å². The van der Waals surface area contributed by atoms with Crippen LogP contribution in [0.25, 0.3) is 11.1 Å². The van der Waals surface area contributed by atoms with E-state index in [1.165, 1.54) is 12.1 Å². The van der Waals surface area contributed by atoms with Crippen molar-refractivity contribution in [1.82, 2.24) is 0 Å². The highest BCUT2D eigenvalue weighted by molar-refractivity contribution is 7.99. The standard InChI is InChI=1S/C19H21NO4S/c1-10(2)9-25-15-7-5-12(8-14(15)20)17-13(18(21)22)6-4-11(3)16(17)19(23)24/h4-8,10H,9,20H2,1-3H3,(H,21,22)(H,23,24). The minimum Gasteiger partial charge on any atom is -0.478 e. The predicted octanol–water partition coefficient (Wildman–Crippen LogP) is 4.39. The van der Waals surface area contributed by atoms with E-state index < -0.39 is 11.9 Å². The van der Waals surface area contributed by atoms with E-state index in [2.05, 4.69) is 13.8 Å². The van der Waals surface area contributed by atoms with Gasteiger partial charge in [0.05, 0.1) is 11.1 Å². The fraction of sp³-hybridized carbons (Fsp3) is 0.263. The van der Waals surface area contributed by atoms with Gasteiger partial charge in [0.1, 0.15) is 0 Å². The molecule has 0 atom stereocenters. The second-order valence-electron chi connectivity index (χ2n) is 6.25. The van der Waals surface area contributed by atoms with Crippen LogP contribution in [0.15, 0.2) is 35.2 Å². The Kier molecular flexibility index (Phi) is 5.74. The molecule has 0 heterocycles. The van der Waals surface area contributed by atoms with Gasteiger partial charge in [0.15, 0.2) is 0 Å². The summed E-state index contributed by atoms with van der Waals surface area (Å²) in [5.74, 6) is -0.908. The number of rotatable bonds is 6. The minimum absolute atomic E-state index is 0.0121. The molecule has 0 unspecified atom stereocenters. The number of nitrogen functional groups attached to an aromatic ring is 1. The highest BCUT2D eigenvalue weighted by Gasteiger charge is 2.22. The van der Waals surface area contributed by atoms with Gasteiger partial charge >= 0.3 is 11.9 Å². The smallest absolute Gasteiger partial charge is 0.336 e. The van der Waals surface area contributed by atoms with Gasteiger partial charge in [0, 0.05) is 21.9 Å². The van der Waals surface area contributed by atoms with E-state index in [4.69, 9.17) is 5.73 Å². The number of hydrogen-bond acceptors (Lipinski definition) is 4. The van der Waals surface area contributed by atoms with E-state index in [-0.39, 0.29) is 16.7 Å². The summed E-state index contributed by atoms with van der Waals surface area (Å²) >= 11 is 1.63. The van der Waals surface area contributed by atoms with Gasteiger partial charge in [0.2, 0.25) is 0 Å². The molecule has 0 radical (unpaired) electrons. The molecule has 132 valence electrons. The van der Waals surface area contributed by atoms with Crippen LogP contribution in [0.5, 0.6) is 0 Å². The number of carboxylic acids is 2. The molecule has 2 aromatic rings. The van der Waals surface area contributed by atoms with Gasteiger partial charge in [-0.1, -0.05) is 26.0 Å². The first-order valence-electron chi connectivity index (χ1n) is 7.85. The molecule has 0 aliphatic carbocycles. The molecule has 0 saturated heterocycles. The van der Waals surface area contributed by atoms with E-state index in [0.717, 1.165) is 10.6 Å². The normalized spacial score (nSPS) is 10.9. The maximum absolute atomic E-state index is 11.7. The Labute approximate surface area is 150 Å². The molecular formula is C19H21NO4S. The first kappa shape index (κ1) is 18.9. The number of carbonyl (C=O) groups is 2. The Balaban J connectivity index is 2.61. The van der Waals surface area contributed by atoms with Crippen LogP contribution < -0.4 is 5.73 Å². The molecule has 0 amide bonds. The van der Waals surface area contributed by atoms with Gasteiger partial charge in [-0.25, -0.2) is 9.59 Å². The lowest BCUT2D eigenvalue weighted by atomic mass is 9.91. The first-order chi connectivity index (χ1) is 11.7. The number of benzene rings is 2. The van der Waals surface area contributed by atoms with Crippen molar-refractivity contribution in [3.05, 3.63) is 47.0 Å². The summed E-state index contributed by atoms with van der Waals surface area (Å²) in [7, 11) is 0. The summed E-state index contributed by atoms with van der Waals surface area (Å²) < 4.78 is 0. The van der Waals surface area contributed by atoms with E-state index in [1.807, 2.05) is 6.07 Å². The van der Waals surface area contributed by atoms with E-state index in [9.17, 15) is 19.8 Å². The first-order valence-corrected chi connectivity index (χ1v) is 8.83. The lowest BCUT2D eigenvalue weighted by Crippen LogP contribution is -2.09. The number of aromatic carboxylic acids is 2. The Morgan fingerprint density at radius 3 is 2.32 bits per heavy atom. The molecule has 0 fully saturated rings. The highest BCUT2D eigenvalue weighted by atomic mass is 32.2. The van der Waals surface area contributed by atoms with Crippen LogP contribution in [-0.2, 0) is 0 Å². The number of hydrogen-bond donors (Lipinski definition) is 3. The Bertz CT molecular complexity index is 830. The second kappa shape index (κ2) is 7.61. The molecule has 0 spiro atoms. The van der Waals surface area contributed by atoms with Crippen molar-refractivity contribution in [3.63, 3.8) is 0 Å². The number of anilines is 1. The van der Waals surface area contributed by atoms with Gasteiger partial charge in [-0.3, -0.25) is 0 Å². The number of nitrogens with two attached hydrogens (primary N) is 1. The fourth-order valence-electron chi connectivity index (χ4n) is 2.55. The summed E-state index contributed by atoms with van der Waals surface area (Å²) in [4.78, 5) is 24.2. The predicted molar refractivity (Wildman–Crippen MR) is 101 cm³/mol. The third-order valence-corrected chi connectivity index (χ3v) is 5.24. The molecule has 25 heavy (non-hydrogen) atoms. The van der Waals surface area contributed by atoms with Crippen molar-refractivity contribution >= 4 is 29.4 Å². The van der Waals surface area contributed by atoms with Crippen molar-refractivity contribution in [2.45, 2.75) is 25.7 Å². The third kappa shape index (κ3) is 4.14. The summed E-state index contributed by atoms with van der Waals surface area (Å²) in [5.41, 5.74) is 7.75. The summed E-state index contributed by atoms with van der Waals surface area (Å²) in [6.45, 7) is 5.87. The van der Waals surface area contributed by atoms with E-state index in [1.54, 1.807) is 30.8 Å². The quantitative estimate of drug-likeness (QED) is 0.522. The second-order valence-corrected chi connectivity index (χ2v) is 7.31. The van der Waals surface area contributed by atoms with Crippen LogP contribution in [0.1, 0.15) is 40.1 Å². The monoisotopic (exact) mass is 359 g/mol. The lowest BCUT2D eigenvalue weighted by molar-refractivity contribution is 0.0695. The average Bonchev–Trinajstić information content (AvgIpc) is 2.52. The maximum Gasteiger partial charge on any atom is 0.336 e. The molecule has 2 rings (SSSR count). The van der Waals surface area contributed by atoms with Crippen molar-refractivity contribution in [2.24, 2.45) is 5.92 Å². The molecule has 5 nitrogen and oxygen atoms in total. The van der Waals surface area contributed by atoms with Gasteiger partial charge < -0.3 is 15.9 Å². The Hall–Kier alpha value is -2.47. The van der Waals surface area contributed by atoms with Crippen LogP contribution >= 0.6 is 11.8 Å². The van der Waals surface area contributed by atoms with Crippen LogP contribution in [-0.4, -0.2) is 27.9 Å². The molecule has 0 saturated carbocycles. The van der Waals surface area contributed by atoms with Gasteiger partial charge in [-0.05, 0) is 42.2 Å². The van der Waals surface area contributed by atoms with E-state index >= 15 is 0 Å². The summed E-state index contributed by atoms with van der Waals surface area (Å²) in [6, 6.07) is 8.13. The summed E-state index contributed by atoms with van der Waals surface area (Å²) in [5, 5.41) is 19.0. The average molecular weight is 359 g/mol. The molecule has 0 aliphatic heterocycles. The maximum atomic E-state index is 11.7. The number of carboxylic acid groups (broad SMARTS) is 2. The van der Waals surface area contributed by atoms with Crippen molar-refractivity contribution in [2.75, 3.05) is 11.5 Å². The Morgan fingerprint density at radius 1 is 1.12 bits per heavy atom. The molecule has 6 heteroatoms. The van der Waals surface area contributed by atoms with Crippen molar-refractivity contribution < 1.29 is 19.8 Å². The molecule has 4 N–H and O–H groups in total. The SMILES string of the molecule is Cc1ccc(C(=O)O)c(-c2ccc(SCC(C)C)c(N)c2)c1C(=O)O. The van der Waals surface area contributed by atoms with Gasteiger partial charge in [-0.15, -0.1) is 11.8 Å². The highest BCUT2D eigenvalue weighted by Crippen LogP contribution is 2.35. The molecule has 0 aromatic heterocycles. The topological polar surface area (TPSA) is 101 Å². The number of thioether (sulfide) groups is 1. The number of aryl methyl sites for hydroxylation is 1.